The highest BCUT2D eigenvalue weighted by Gasteiger charge is 2.31. The lowest BCUT2D eigenvalue weighted by atomic mass is 9.92. The van der Waals surface area contributed by atoms with Crippen LogP contribution >= 0.6 is 0 Å². The van der Waals surface area contributed by atoms with Crippen molar-refractivity contribution in [1.82, 2.24) is 15.2 Å². The molecule has 7 nitrogen and oxygen atoms in total. The zero-order valence-corrected chi connectivity index (χ0v) is 14.5. The van der Waals surface area contributed by atoms with Crippen molar-refractivity contribution in [2.24, 2.45) is 5.73 Å². The first-order valence-electron chi connectivity index (χ1n) is 8.57. The molecule has 1 atom stereocenters. The number of nitrogens with zero attached hydrogens (tertiary/aromatic N) is 2. The highest BCUT2D eigenvalue weighted by Crippen LogP contribution is 2.27. The Bertz CT molecular complexity index is 1050. The summed E-state index contributed by atoms with van der Waals surface area (Å²) in [6, 6.07) is 5.52. The number of aromatic nitrogens is 3. The second-order valence-corrected chi connectivity index (χ2v) is 6.61. The van der Waals surface area contributed by atoms with Gasteiger partial charge in [0.15, 0.2) is 5.69 Å². The summed E-state index contributed by atoms with van der Waals surface area (Å²) in [6.45, 7) is 0. The molecule has 1 aliphatic rings. The van der Waals surface area contributed by atoms with Gasteiger partial charge >= 0.3 is 6.36 Å². The molecule has 1 aromatic carbocycles. The molecule has 0 bridgehead atoms. The van der Waals surface area contributed by atoms with Crippen molar-refractivity contribution in [3.8, 4) is 5.75 Å². The number of fused-ring (bicyclic) bond motifs is 2. The number of H-pyrrole nitrogens is 1. The number of nitrogens with one attached hydrogen (secondary N) is 2. The highest BCUT2D eigenvalue weighted by atomic mass is 19.4. The van der Waals surface area contributed by atoms with Gasteiger partial charge in [0.2, 0.25) is 0 Å². The number of aromatic amines is 1. The van der Waals surface area contributed by atoms with Gasteiger partial charge in [-0.3, -0.25) is 14.9 Å². The van der Waals surface area contributed by atoms with E-state index in [1.165, 1.54) is 6.07 Å². The Labute approximate surface area is 157 Å². The summed E-state index contributed by atoms with van der Waals surface area (Å²) >= 11 is 0. The molecule has 28 heavy (non-hydrogen) atoms. The molecule has 10 heteroatoms. The molecule has 4 N–H and O–H groups in total. The van der Waals surface area contributed by atoms with Crippen LogP contribution in [0.25, 0.3) is 10.9 Å². The monoisotopic (exact) mass is 391 g/mol. The standard InChI is InChI=1S/C18H16F3N5O2/c19-18(20,21)28-12-2-3-13-15(7-12)25-26-16(13)17(27)24-11-6-9-5-10(22)1-4-14(9)23-8-11/h2-3,6-8,10H,1,4-5,22H2,(H,24,27)(H,25,26). The number of hydrogen-bond acceptors (Lipinski definition) is 5. The summed E-state index contributed by atoms with van der Waals surface area (Å²) in [5, 5.41) is 9.55. The number of alkyl halides is 3. The van der Waals surface area contributed by atoms with Gasteiger partial charge < -0.3 is 15.8 Å². The first kappa shape index (κ1) is 18.2. The maximum Gasteiger partial charge on any atom is 0.573 e. The van der Waals surface area contributed by atoms with Gasteiger partial charge in [0.1, 0.15) is 5.75 Å². The molecule has 0 aliphatic heterocycles. The molecule has 1 amide bonds. The second-order valence-electron chi connectivity index (χ2n) is 6.61. The van der Waals surface area contributed by atoms with Crippen molar-refractivity contribution in [2.45, 2.75) is 31.7 Å². The zero-order chi connectivity index (χ0) is 19.9. The summed E-state index contributed by atoms with van der Waals surface area (Å²) < 4.78 is 40.9. The SMILES string of the molecule is NC1CCc2ncc(NC(=O)c3n[nH]c4cc(OC(F)(F)F)ccc34)cc2C1. The summed E-state index contributed by atoms with van der Waals surface area (Å²) in [4.78, 5) is 17.0. The maximum atomic E-state index is 12.6. The average Bonchev–Trinajstić information content (AvgIpc) is 3.03. The highest BCUT2D eigenvalue weighted by molar-refractivity contribution is 6.11. The molecule has 0 saturated carbocycles. The molecule has 0 saturated heterocycles. The molecule has 0 spiro atoms. The van der Waals surface area contributed by atoms with Crippen LogP contribution in [-0.2, 0) is 12.8 Å². The number of benzene rings is 1. The van der Waals surface area contributed by atoms with E-state index in [1.807, 2.05) is 6.07 Å². The van der Waals surface area contributed by atoms with Crippen molar-refractivity contribution >= 4 is 22.5 Å². The number of amides is 1. The van der Waals surface area contributed by atoms with Crippen LogP contribution in [0.3, 0.4) is 0 Å². The molecule has 0 radical (unpaired) electrons. The molecular weight excluding hydrogens is 375 g/mol. The van der Waals surface area contributed by atoms with Gasteiger partial charge in [0.05, 0.1) is 17.4 Å². The van der Waals surface area contributed by atoms with Gasteiger partial charge in [-0.25, -0.2) is 0 Å². The van der Waals surface area contributed by atoms with Crippen LogP contribution in [0.4, 0.5) is 18.9 Å². The van der Waals surface area contributed by atoms with Crippen molar-refractivity contribution in [2.75, 3.05) is 5.32 Å². The van der Waals surface area contributed by atoms with Crippen LogP contribution in [0.2, 0.25) is 0 Å². The molecule has 3 aromatic rings. The van der Waals surface area contributed by atoms with Crippen molar-refractivity contribution in [1.29, 1.82) is 0 Å². The molecular formula is C18H16F3N5O2. The predicted molar refractivity (Wildman–Crippen MR) is 95.0 cm³/mol. The lowest BCUT2D eigenvalue weighted by Gasteiger charge is -2.21. The van der Waals surface area contributed by atoms with Gasteiger partial charge in [-0.15, -0.1) is 13.2 Å². The normalized spacial score (nSPS) is 16.6. The van der Waals surface area contributed by atoms with Crippen LogP contribution < -0.4 is 15.8 Å². The number of nitrogens with two attached hydrogens (primary N) is 1. The number of carbonyl (C=O) groups excluding carboxylic acids is 1. The minimum absolute atomic E-state index is 0.0583. The lowest BCUT2D eigenvalue weighted by molar-refractivity contribution is -0.274. The van der Waals surface area contributed by atoms with Gasteiger partial charge in [0.25, 0.3) is 5.91 Å². The van der Waals surface area contributed by atoms with E-state index >= 15 is 0 Å². The third-order valence-electron chi connectivity index (χ3n) is 4.53. The Balaban J connectivity index is 1.55. The number of hydrogen-bond donors (Lipinski definition) is 3. The fourth-order valence-corrected chi connectivity index (χ4v) is 3.27. The Morgan fingerprint density at radius 3 is 2.93 bits per heavy atom. The van der Waals surface area contributed by atoms with E-state index in [1.54, 1.807) is 6.20 Å². The van der Waals surface area contributed by atoms with E-state index in [0.29, 0.717) is 17.5 Å². The van der Waals surface area contributed by atoms with Crippen molar-refractivity contribution in [3.63, 3.8) is 0 Å². The van der Waals surface area contributed by atoms with Crippen LogP contribution in [-0.4, -0.2) is 33.5 Å². The second kappa shape index (κ2) is 6.79. The summed E-state index contributed by atoms with van der Waals surface area (Å²) in [5.41, 5.74) is 8.77. The summed E-state index contributed by atoms with van der Waals surface area (Å²) in [7, 11) is 0. The maximum absolute atomic E-state index is 12.6. The van der Waals surface area contributed by atoms with Crippen LogP contribution in [0, 0.1) is 0 Å². The Kier molecular flexibility index (Phi) is 4.42. The Morgan fingerprint density at radius 2 is 2.14 bits per heavy atom. The number of rotatable bonds is 3. The minimum Gasteiger partial charge on any atom is -0.406 e. The number of anilines is 1. The van der Waals surface area contributed by atoms with Gasteiger partial charge in [-0.2, -0.15) is 5.10 Å². The number of halogens is 3. The fourth-order valence-electron chi connectivity index (χ4n) is 3.27. The van der Waals surface area contributed by atoms with E-state index in [-0.39, 0.29) is 17.3 Å². The van der Waals surface area contributed by atoms with Crippen LogP contribution in [0.1, 0.15) is 28.2 Å². The lowest BCUT2D eigenvalue weighted by Crippen LogP contribution is -2.28. The fraction of sp³-hybridized carbons (Fsp3) is 0.278. The van der Waals surface area contributed by atoms with Crippen molar-refractivity contribution < 1.29 is 22.7 Å². The Morgan fingerprint density at radius 1 is 1.32 bits per heavy atom. The third kappa shape index (κ3) is 3.77. The van der Waals surface area contributed by atoms with Gasteiger partial charge in [-0.05, 0) is 43.0 Å². The Hall–Kier alpha value is -3.14. The molecule has 146 valence electrons. The molecule has 2 aromatic heterocycles. The first-order valence-corrected chi connectivity index (χ1v) is 8.57. The number of carbonyl (C=O) groups is 1. The third-order valence-corrected chi connectivity index (χ3v) is 4.53. The van der Waals surface area contributed by atoms with E-state index in [2.05, 4.69) is 25.2 Å². The van der Waals surface area contributed by atoms with E-state index in [0.717, 1.165) is 36.2 Å². The van der Waals surface area contributed by atoms with E-state index in [9.17, 15) is 18.0 Å². The average molecular weight is 391 g/mol. The van der Waals surface area contributed by atoms with E-state index < -0.39 is 18.0 Å². The van der Waals surface area contributed by atoms with Crippen molar-refractivity contribution in [3.05, 3.63) is 47.4 Å². The van der Waals surface area contributed by atoms with Crippen LogP contribution in [0.5, 0.6) is 5.75 Å². The first-order chi connectivity index (χ1) is 13.3. The predicted octanol–water partition coefficient (Wildman–Crippen LogP) is 2.92. The van der Waals surface area contributed by atoms with Gasteiger partial charge in [0, 0.05) is 23.2 Å². The minimum atomic E-state index is -4.80. The quantitative estimate of drug-likeness (QED) is 0.637. The molecule has 2 heterocycles. The summed E-state index contributed by atoms with van der Waals surface area (Å²) in [6.07, 6.45) is -0.852. The van der Waals surface area contributed by atoms with E-state index in [4.69, 9.17) is 5.73 Å². The number of pyridine rings is 1. The molecule has 0 fully saturated rings. The zero-order valence-electron chi connectivity index (χ0n) is 14.5. The van der Waals surface area contributed by atoms with Gasteiger partial charge in [-0.1, -0.05) is 0 Å². The number of aryl methyl sites for hydroxylation is 1. The smallest absolute Gasteiger partial charge is 0.406 e. The number of ether oxygens (including phenoxy) is 1. The largest absolute Gasteiger partial charge is 0.573 e. The molecule has 1 unspecified atom stereocenters. The summed E-state index contributed by atoms with van der Waals surface area (Å²) in [5.74, 6) is -0.900. The molecule has 4 rings (SSSR count). The van der Waals surface area contributed by atoms with Crippen LogP contribution in [0.15, 0.2) is 30.5 Å². The molecule has 1 aliphatic carbocycles. The topological polar surface area (TPSA) is 106 Å².